The number of aryl methyl sites for hydroxylation is 1. The van der Waals surface area contributed by atoms with Crippen molar-refractivity contribution in [3.05, 3.63) is 76.7 Å². The van der Waals surface area contributed by atoms with Crippen molar-refractivity contribution in [2.45, 2.75) is 6.92 Å². The fourth-order valence-electron chi connectivity index (χ4n) is 1.97. The monoisotopic (exact) mass is 281 g/mol. The Morgan fingerprint density at radius 3 is 2.62 bits per heavy atom. The van der Waals surface area contributed by atoms with Gasteiger partial charge >= 0.3 is 5.97 Å². The van der Waals surface area contributed by atoms with Gasteiger partial charge in [0.05, 0.1) is 0 Å². The Balaban J connectivity index is 1.93. The lowest BCUT2D eigenvalue weighted by Gasteiger charge is -1.98. The summed E-state index contributed by atoms with van der Waals surface area (Å²) >= 11 is 0. The molecule has 0 aromatic heterocycles. The molecule has 0 saturated carbocycles. The number of aliphatic imine (C=N–C) groups is 1. The van der Waals surface area contributed by atoms with Crippen LogP contribution in [0.2, 0.25) is 0 Å². The first-order chi connectivity index (χ1) is 10.1. The van der Waals surface area contributed by atoms with Gasteiger partial charge in [-0.1, -0.05) is 35.9 Å². The molecule has 3 nitrogen and oxygen atoms in total. The summed E-state index contributed by atoms with van der Waals surface area (Å²) in [6.07, 6.45) is 1.65. The molecule has 2 aromatic carbocycles. The van der Waals surface area contributed by atoms with Crippen molar-refractivity contribution in [2.75, 3.05) is 0 Å². The molecule has 0 atom stereocenters. The molecule has 1 heterocycles. The number of esters is 1. The van der Waals surface area contributed by atoms with Crippen LogP contribution < -0.4 is 0 Å². The fourth-order valence-corrected chi connectivity index (χ4v) is 1.97. The molecule has 21 heavy (non-hydrogen) atoms. The number of halogens is 1. The van der Waals surface area contributed by atoms with Crippen LogP contribution in [0.4, 0.5) is 4.39 Å². The number of ether oxygens (including phenoxy) is 1. The summed E-state index contributed by atoms with van der Waals surface area (Å²) in [7, 11) is 0. The minimum absolute atomic E-state index is 0.123. The Labute approximate surface area is 121 Å². The number of hydrogen-bond acceptors (Lipinski definition) is 3. The maximum Gasteiger partial charge on any atom is 0.363 e. The molecule has 0 N–H and O–H groups in total. The summed E-state index contributed by atoms with van der Waals surface area (Å²) in [4.78, 5) is 16.0. The molecule has 0 spiro atoms. The van der Waals surface area contributed by atoms with Gasteiger partial charge in [0, 0.05) is 5.56 Å². The lowest BCUT2D eigenvalue weighted by atomic mass is 10.1. The predicted octanol–water partition coefficient (Wildman–Crippen LogP) is 3.48. The molecule has 0 radical (unpaired) electrons. The van der Waals surface area contributed by atoms with Gasteiger partial charge in [-0.2, -0.15) is 0 Å². The van der Waals surface area contributed by atoms with Gasteiger partial charge in [-0.05, 0) is 36.8 Å². The highest BCUT2D eigenvalue weighted by Crippen LogP contribution is 2.19. The van der Waals surface area contributed by atoms with Gasteiger partial charge in [0.2, 0.25) is 5.90 Å². The van der Waals surface area contributed by atoms with E-state index in [-0.39, 0.29) is 11.6 Å². The summed E-state index contributed by atoms with van der Waals surface area (Å²) < 4.78 is 18.3. The van der Waals surface area contributed by atoms with Crippen molar-refractivity contribution in [3.63, 3.8) is 0 Å². The molecule has 0 saturated heterocycles. The standard InChI is InChI=1S/C17H12FNO2/c1-11-5-7-12(8-6-11)9-15-17(20)21-16(19-15)13-3-2-4-14(18)10-13/h2-10H,1H3/b15-9+. The molecular weight excluding hydrogens is 269 g/mol. The number of carbonyl (C=O) groups is 1. The summed E-state index contributed by atoms with van der Waals surface area (Å²) in [5.41, 5.74) is 2.64. The number of rotatable bonds is 2. The van der Waals surface area contributed by atoms with E-state index in [1.54, 1.807) is 18.2 Å². The predicted molar refractivity (Wildman–Crippen MR) is 78.2 cm³/mol. The molecular formula is C17H12FNO2. The molecule has 0 aliphatic carbocycles. The molecule has 1 aliphatic rings. The van der Waals surface area contributed by atoms with Crippen LogP contribution in [-0.2, 0) is 9.53 Å². The zero-order chi connectivity index (χ0) is 14.8. The third-order valence-corrected chi connectivity index (χ3v) is 3.07. The highest BCUT2D eigenvalue weighted by Gasteiger charge is 2.24. The quantitative estimate of drug-likeness (QED) is 0.624. The minimum Gasteiger partial charge on any atom is -0.402 e. The van der Waals surface area contributed by atoms with E-state index in [1.807, 2.05) is 31.2 Å². The van der Waals surface area contributed by atoms with Gasteiger partial charge < -0.3 is 4.74 Å². The van der Waals surface area contributed by atoms with Crippen molar-refractivity contribution in [2.24, 2.45) is 4.99 Å². The van der Waals surface area contributed by atoms with E-state index in [4.69, 9.17) is 4.74 Å². The normalized spacial score (nSPS) is 16.0. The second-order valence-corrected chi connectivity index (χ2v) is 4.76. The lowest BCUT2D eigenvalue weighted by Crippen LogP contribution is -2.05. The Morgan fingerprint density at radius 1 is 1.14 bits per heavy atom. The van der Waals surface area contributed by atoms with Gasteiger partial charge in [-0.25, -0.2) is 14.2 Å². The zero-order valence-corrected chi connectivity index (χ0v) is 11.3. The van der Waals surface area contributed by atoms with E-state index in [0.29, 0.717) is 5.56 Å². The topological polar surface area (TPSA) is 38.7 Å². The largest absolute Gasteiger partial charge is 0.402 e. The van der Waals surface area contributed by atoms with Crippen LogP contribution in [0.15, 0.2) is 59.2 Å². The van der Waals surface area contributed by atoms with Crippen molar-refractivity contribution in [1.82, 2.24) is 0 Å². The number of benzene rings is 2. The Hall–Kier alpha value is -2.75. The highest BCUT2D eigenvalue weighted by molar-refractivity contribution is 6.12. The Kier molecular flexibility index (Phi) is 3.36. The second-order valence-electron chi connectivity index (χ2n) is 4.76. The summed E-state index contributed by atoms with van der Waals surface area (Å²) in [6.45, 7) is 1.99. The number of carbonyl (C=O) groups excluding carboxylic acids is 1. The van der Waals surface area contributed by atoms with Crippen molar-refractivity contribution in [3.8, 4) is 0 Å². The summed E-state index contributed by atoms with van der Waals surface area (Å²) in [5.74, 6) is -0.810. The number of hydrogen-bond donors (Lipinski definition) is 0. The van der Waals surface area contributed by atoms with Crippen LogP contribution in [0.25, 0.3) is 6.08 Å². The van der Waals surface area contributed by atoms with Crippen molar-refractivity contribution >= 4 is 17.9 Å². The maximum absolute atomic E-state index is 13.2. The van der Waals surface area contributed by atoms with E-state index in [1.165, 1.54) is 12.1 Å². The highest BCUT2D eigenvalue weighted by atomic mass is 19.1. The van der Waals surface area contributed by atoms with Gasteiger partial charge in [0.15, 0.2) is 5.70 Å². The average molecular weight is 281 g/mol. The molecule has 104 valence electrons. The summed E-state index contributed by atoms with van der Waals surface area (Å²) in [5, 5.41) is 0. The molecule has 2 aromatic rings. The molecule has 0 bridgehead atoms. The molecule has 0 unspecified atom stereocenters. The Bertz CT molecular complexity index is 761. The smallest absolute Gasteiger partial charge is 0.363 e. The van der Waals surface area contributed by atoms with Gasteiger partial charge in [-0.15, -0.1) is 0 Å². The van der Waals surface area contributed by atoms with Crippen LogP contribution in [0, 0.1) is 12.7 Å². The minimum atomic E-state index is -0.533. The van der Waals surface area contributed by atoms with E-state index in [9.17, 15) is 9.18 Å². The van der Waals surface area contributed by atoms with Crippen LogP contribution in [0.3, 0.4) is 0 Å². The number of nitrogens with zero attached hydrogens (tertiary/aromatic N) is 1. The summed E-state index contributed by atoms with van der Waals surface area (Å²) in [6, 6.07) is 13.5. The molecule has 0 fully saturated rings. The second kappa shape index (κ2) is 5.32. The van der Waals surface area contributed by atoms with Crippen molar-refractivity contribution in [1.29, 1.82) is 0 Å². The third kappa shape index (κ3) is 2.89. The van der Waals surface area contributed by atoms with Crippen LogP contribution in [0.5, 0.6) is 0 Å². The lowest BCUT2D eigenvalue weighted by molar-refractivity contribution is -0.129. The van der Waals surface area contributed by atoms with Gasteiger partial charge in [0.25, 0.3) is 0 Å². The Morgan fingerprint density at radius 2 is 1.90 bits per heavy atom. The molecule has 1 aliphatic heterocycles. The first-order valence-electron chi connectivity index (χ1n) is 6.47. The van der Waals surface area contributed by atoms with E-state index < -0.39 is 11.8 Å². The zero-order valence-electron chi connectivity index (χ0n) is 11.3. The van der Waals surface area contributed by atoms with Crippen LogP contribution in [-0.4, -0.2) is 11.9 Å². The SMILES string of the molecule is Cc1ccc(/C=C2/N=C(c3cccc(F)c3)OC2=O)cc1. The molecule has 0 amide bonds. The molecule has 3 rings (SSSR count). The fraction of sp³-hybridized carbons (Fsp3) is 0.0588. The van der Waals surface area contributed by atoms with Crippen molar-refractivity contribution < 1.29 is 13.9 Å². The maximum atomic E-state index is 13.2. The number of cyclic esters (lactones) is 1. The molecule has 4 heteroatoms. The van der Waals surface area contributed by atoms with Gasteiger partial charge in [0.1, 0.15) is 5.82 Å². The van der Waals surface area contributed by atoms with Gasteiger partial charge in [-0.3, -0.25) is 0 Å². The first-order valence-corrected chi connectivity index (χ1v) is 6.47. The van der Waals surface area contributed by atoms with Crippen LogP contribution >= 0.6 is 0 Å². The van der Waals surface area contributed by atoms with E-state index in [2.05, 4.69) is 4.99 Å². The van der Waals surface area contributed by atoms with E-state index >= 15 is 0 Å². The average Bonchev–Trinajstić information content (AvgIpc) is 2.83. The van der Waals surface area contributed by atoms with Crippen LogP contribution in [0.1, 0.15) is 16.7 Å². The first kappa shape index (κ1) is 13.2. The third-order valence-electron chi connectivity index (χ3n) is 3.07. The van der Waals surface area contributed by atoms with E-state index in [0.717, 1.165) is 11.1 Å².